The van der Waals surface area contributed by atoms with Gasteiger partial charge in [0.05, 0.1) is 11.0 Å². The molecule has 0 bridgehead atoms. The van der Waals surface area contributed by atoms with Crippen LogP contribution in [0.25, 0.3) is 11.0 Å². The van der Waals surface area contributed by atoms with E-state index in [2.05, 4.69) is 41.6 Å². The van der Waals surface area contributed by atoms with Crippen LogP contribution in [0.2, 0.25) is 0 Å². The number of nitrogens with zero attached hydrogens (tertiary/aromatic N) is 3. The highest BCUT2D eigenvalue weighted by Gasteiger charge is 2.22. The van der Waals surface area contributed by atoms with Gasteiger partial charge >= 0.3 is 0 Å². The van der Waals surface area contributed by atoms with Crippen LogP contribution in [0.1, 0.15) is 17.8 Å². The summed E-state index contributed by atoms with van der Waals surface area (Å²) in [5.41, 5.74) is 3.65. The molecule has 0 aliphatic carbocycles. The van der Waals surface area contributed by atoms with Gasteiger partial charge < -0.3 is 9.47 Å². The van der Waals surface area contributed by atoms with Crippen LogP contribution in [-0.4, -0.2) is 40.5 Å². The Morgan fingerprint density at radius 1 is 1.40 bits per heavy atom. The van der Waals surface area contributed by atoms with Crippen LogP contribution < -0.4 is 0 Å². The first kappa shape index (κ1) is 13.9. The summed E-state index contributed by atoms with van der Waals surface area (Å²) in [6, 6.07) is 6.44. The zero-order chi connectivity index (χ0) is 14.1. The third-order valence-electron chi connectivity index (χ3n) is 4.31. The number of imidazole rings is 1. The Kier molecular flexibility index (Phi) is 3.99. The number of fused-ring (bicyclic) bond motifs is 1. The fourth-order valence-corrected chi connectivity index (χ4v) is 3.42. The summed E-state index contributed by atoms with van der Waals surface area (Å²) in [7, 11) is 2.20. The molecule has 2 heterocycles. The van der Waals surface area contributed by atoms with Crippen molar-refractivity contribution < 1.29 is 0 Å². The molecule has 3 rings (SSSR count). The molecule has 1 saturated heterocycles. The van der Waals surface area contributed by atoms with Crippen molar-refractivity contribution in [3.8, 4) is 0 Å². The summed E-state index contributed by atoms with van der Waals surface area (Å²) >= 11 is 5.95. The number of rotatable bonds is 4. The van der Waals surface area contributed by atoms with Gasteiger partial charge in [0, 0.05) is 25.4 Å². The second-order valence-corrected chi connectivity index (χ2v) is 6.32. The number of benzene rings is 1. The molecular formula is C16H22ClN3. The molecule has 0 amide bonds. The van der Waals surface area contributed by atoms with E-state index in [1.807, 2.05) is 0 Å². The van der Waals surface area contributed by atoms with Crippen LogP contribution in [0, 0.1) is 12.8 Å². The van der Waals surface area contributed by atoms with Crippen LogP contribution in [0.5, 0.6) is 0 Å². The van der Waals surface area contributed by atoms with Crippen LogP contribution in [0.15, 0.2) is 18.2 Å². The van der Waals surface area contributed by atoms with E-state index in [4.69, 9.17) is 16.6 Å². The second kappa shape index (κ2) is 5.74. The van der Waals surface area contributed by atoms with Gasteiger partial charge in [0.25, 0.3) is 0 Å². The Bertz CT molecular complexity index is 605. The molecule has 0 N–H and O–H groups in total. The molecule has 0 spiro atoms. The number of halogens is 1. The van der Waals surface area contributed by atoms with Crippen LogP contribution in [0.4, 0.5) is 0 Å². The zero-order valence-electron chi connectivity index (χ0n) is 12.3. The minimum atomic E-state index is 0.632. The van der Waals surface area contributed by atoms with E-state index in [0.717, 1.165) is 30.2 Å². The average molecular weight is 292 g/mol. The van der Waals surface area contributed by atoms with E-state index in [9.17, 15) is 0 Å². The Hall–Kier alpha value is -1.06. The fourth-order valence-electron chi connectivity index (χ4n) is 3.25. The first-order chi connectivity index (χ1) is 9.69. The molecule has 20 heavy (non-hydrogen) atoms. The largest absolute Gasteiger partial charge is 0.328 e. The Morgan fingerprint density at radius 2 is 2.25 bits per heavy atom. The molecule has 1 atom stereocenters. The highest BCUT2D eigenvalue weighted by atomic mass is 35.5. The van der Waals surface area contributed by atoms with Crippen molar-refractivity contribution in [2.45, 2.75) is 26.3 Å². The van der Waals surface area contributed by atoms with E-state index in [-0.39, 0.29) is 0 Å². The summed E-state index contributed by atoms with van der Waals surface area (Å²) in [5, 5.41) is 0. The zero-order valence-corrected chi connectivity index (χ0v) is 13.0. The minimum absolute atomic E-state index is 0.632. The average Bonchev–Trinajstić information content (AvgIpc) is 2.97. The van der Waals surface area contributed by atoms with Crippen LogP contribution in [-0.2, 0) is 13.0 Å². The van der Waals surface area contributed by atoms with Gasteiger partial charge in [0.1, 0.15) is 5.82 Å². The monoisotopic (exact) mass is 291 g/mol. The van der Waals surface area contributed by atoms with Crippen LogP contribution >= 0.6 is 11.6 Å². The van der Waals surface area contributed by atoms with E-state index in [0.29, 0.717) is 5.88 Å². The first-order valence-electron chi connectivity index (χ1n) is 7.38. The van der Waals surface area contributed by atoms with Gasteiger partial charge in [-0.2, -0.15) is 0 Å². The van der Waals surface area contributed by atoms with Gasteiger partial charge in [0.15, 0.2) is 0 Å². The number of hydrogen-bond acceptors (Lipinski definition) is 2. The van der Waals surface area contributed by atoms with Gasteiger partial charge in [-0.3, -0.25) is 0 Å². The second-order valence-electron chi connectivity index (χ2n) is 5.94. The molecule has 1 fully saturated rings. The van der Waals surface area contributed by atoms with Crippen molar-refractivity contribution in [1.82, 2.24) is 14.5 Å². The summed E-state index contributed by atoms with van der Waals surface area (Å²) < 4.78 is 2.40. The van der Waals surface area contributed by atoms with Gasteiger partial charge in [-0.15, -0.1) is 11.6 Å². The van der Waals surface area contributed by atoms with Gasteiger partial charge in [-0.05, 0) is 44.5 Å². The van der Waals surface area contributed by atoms with E-state index in [1.54, 1.807) is 0 Å². The molecule has 3 nitrogen and oxygen atoms in total. The minimum Gasteiger partial charge on any atom is -0.328 e. The highest BCUT2D eigenvalue weighted by molar-refractivity contribution is 6.17. The smallest absolute Gasteiger partial charge is 0.111 e. The predicted octanol–water partition coefficient (Wildman–Crippen LogP) is 3.08. The van der Waals surface area contributed by atoms with Crippen molar-refractivity contribution in [3.05, 3.63) is 29.6 Å². The lowest BCUT2D eigenvalue weighted by Crippen LogP contribution is -2.18. The van der Waals surface area contributed by atoms with E-state index < -0.39 is 0 Å². The molecule has 1 unspecified atom stereocenters. The maximum Gasteiger partial charge on any atom is 0.111 e. The van der Waals surface area contributed by atoms with E-state index >= 15 is 0 Å². The Labute approximate surface area is 125 Å². The molecule has 1 aromatic carbocycles. The lowest BCUT2D eigenvalue weighted by atomic mass is 10.1. The third kappa shape index (κ3) is 2.57. The normalized spacial score (nSPS) is 20.1. The van der Waals surface area contributed by atoms with Gasteiger partial charge in [0.2, 0.25) is 0 Å². The summed E-state index contributed by atoms with van der Waals surface area (Å²) in [5.74, 6) is 2.50. The number of hydrogen-bond donors (Lipinski definition) is 0. The molecule has 2 aromatic rings. The van der Waals surface area contributed by atoms with Crippen LogP contribution in [0.3, 0.4) is 0 Å². The van der Waals surface area contributed by atoms with Crippen molar-refractivity contribution in [1.29, 1.82) is 0 Å². The third-order valence-corrected chi connectivity index (χ3v) is 4.50. The summed E-state index contributed by atoms with van der Waals surface area (Å²) in [6.45, 7) is 5.59. The summed E-state index contributed by atoms with van der Waals surface area (Å²) in [6.07, 6.45) is 2.13. The molecular weight excluding hydrogens is 270 g/mol. The highest BCUT2D eigenvalue weighted by Crippen LogP contribution is 2.24. The maximum absolute atomic E-state index is 5.95. The standard InChI is InChI=1S/C16H22ClN3/c1-12-4-3-5-14-16(12)18-15(6-8-17)20(14)11-13-7-9-19(2)10-13/h3-5,13H,6-11H2,1-2H3. The molecule has 108 valence electrons. The fraction of sp³-hybridized carbons (Fsp3) is 0.562. The molecule has 1 aliphatic rings. The molecule has 4 heteroatoms. The van der Waals surface area contributed by atoms with Gasteiger partial charge in [-0.1, -0.05) is 12.1 Å². The van der Waals surface area contributed by atoms with Gasteiger partial charge in [-0.25, -0.2) is 4.98 Å². The summed E-state index contributed by atoms with van der Waals surface area (Å²) in [4.78, 5) is 7.24. The Morgan fingerprint density at radius 3 is 2.95 bits per heavy atom. The maximum atomic E-state index is 5.95. The lowest BCUT2D eigenvalue weighted by molar-refractivity contribution is 0.378. The molecule has 0 radical (unpaired) electrons. The molecule has 0 saturated carbocycles. The lowest BCUT2D eigenvalue weighted by Gasteiger charge is -2.14. The Balaban J connectivity index is 1.98. The predicted molar refractivity (Wildman–Crippen MR) is 84.5 cm³/mol. The number of aryl methyl sites for hydroxylation is 2. The number of likely N-dealkylation sites (tertiary alicyclic amines) is 1. The topological polar surface area (TPSA) is 21.1 Å². The quantitative estimate of drug-likeness (QED) is 0.807. The first-order valence-corrected chi connectivity index (χ1v) is 7.91. The molecule has 1 aliphatic heterocycles. The number of aromatic nitrogens is 2. The number of para-hydroxylation sites is 1. The van der Waals surface area contributed by atoms with Crippen molar-refractivity contribution >= 4 is 22.6 Å². The van der Waals surface area contributed by atoms with Crippen molar-refractivity contribution in [2.75, 3.05) is 26.0 Å². The van der Waals surface area contributed by atoms with E-state index in [1.165, 1.54) is 30.6 Å². The van der Waals surface area contributed by atoms with Crippen molar-refractivity contribution in [2.24, 2.45) is 5.92 Å². The van der Waals surface area contributed by atoms with Crippen molar-refractivity contribution in [3.63, 3.8) is 0 Å². The SMILES string of the molecule is Cc1cccc2c1nc(CCCl)n2CC1CCN(C)C1. The molecule has 1 aromatic heterocycles. The number of alkyl halides is 1.